The van der Waals surface area contributed by atoms with E-state index in [4.69, 9.17) is 0 Å². The van der Waals surface area contributed by atoms with Crippen LogP contribution in [-0.4, -0.2) is 28.9 Å². The summed E-state index contributed by atoms with van der Waals surface area (Å²) in [5.41, 5.74) is 0.477. The highest BCUT2D eigenvalue weighted by atomic mass is 19.1. The Morgan fingerprint density at radius 1 is 1.44 bits per heavy atom. The predicted octanol–water partition coefficient (Wildman–Crippen LogP) is 2.87. The Balaban J connectivity index is 1.93. The molecule has 0 aliphatic carbocycles. The highest BCUT2D eigenvalue weighted by Crippen LogP contribution is 2.22. The number of halogens is 1. The molecule has 2 rings (SSSR count). The van der Waals surface area contributed by atoms with Crippen LogP contribution in [0.25, 0.3) is 0 Å². The van der Waals surface area contributed by atoms with Gasteiger partial charge in [-0.3, -0.25) is 4.79 Å². The van der Waals surface area contributed by atoms with Crippen molar-refractivity contribution in [2.24, 2.45) is 5.92 Å². The average molecular weight is 250 g/mol. The molecule has 2 heterocycles. The van der Waals surface area contributed by atoms with E-state index >= 15 is 0 Å². The molecule has 98 valence electrons. The highest BCUT2D eigenvalue weighted by Gasteiger charge is 2.23. The quantitative estimate of drug-likeness (QED) is 0.773. The summed E-state index contributed by atoms with van der Waals surface area (Å²) >= 11 is 0. The molecule has 0 bridgehead atoms. The third-order valence-electron chi connectivity index (χ3n) is 3.57. The number of carbonyl (C=O) groups excluding carboxylic acids is 1. The van der Waals surface area contributed by atoms with Crippen LogP contribution in [0.3, 0.4) is 0 Å². The Labute approximate surface area is 107 Å². The molecule has 1 aromatic rings. The molecule has 18 heavy (non-hydrogen) atoms. The van der Waals surface area contributed by atoms with Gasteiger partial charge in [0.15, 0.2) is 0 Å². The van der Waals surface area contributed by atoms with Crippen molar-refractivity contribution in [2.75, 3.05) is 13.1 Å². The smallest absolute Gasteiger partial charge is 0.255 e. The van der Waals surface area contributed by atoms with Crippen LogP contribution in [0.1, 0.15) is 43.0 Å². The van der Waals surface area contributed by atoms with Gasteiger partial charge in [0, 0.05) is 19.3 Å². The zero-order valence-corrected chi connectivity index (χ0v) is 10.7. The van der Waals surface area contributed by atoms with Crippen LogP contribution in [0.5, 0.6) is 0 Å². The summed E-state index contributed by atoms with van der Waals surface area (Å²) in [5, 5.41) is 0. The SMILES string of the molecule is CCCC1CCN(C(=O)c2ccc(F)nc2)CC1. The normalized spacial score (nSPS) is 16.9. The number of rotatable bonds is 3. The summed E-state index contributed by atoms with van der Waals surface area (Å²) in [5.74, 6) is 0.177. The van der Waals surface area contributed by atoms with Crippen molar-refractivity contribution in [3.05, 3.63) is 29.8 Å². The van der Waals surface area contributed by atoms with Gasteiger partial charge >= 0.3 is 0 Å². The zero-order chi connectivity index (χ0) is 13.0. The number of hydrogen-bond acceptors (Lipinski definition) is 2. The summed E-state index contributed by atoms with van der Waals surface area (Å²) in [7, 11) is 0. The molecule has 1 aromatic heterocycles. The van der Waals surface area contributed by atoms with E-state index in [0.717, 1.165) is 31.8 Å². The second-order valence-corrected chi connectivity index (χ2v) is 4.89. The molecule has 1 amide bonds. The Morgan fingerprint density at radius 2 is 2.17 bits per heavy atom. The third kappa shape index (κ3) is 3.06. The largest absolute Gasteiger partial charge is 0.339 e. The Kier molecular flexibility index (Phi) is 4.28. The molecule has 1 aliphatic rings. The van der Waals surface area contributed by atoms with Crippen LogP contribution in [0.15, 0.2) is 18.3 Å². The lowest BCUT2D eigenvalue weighted by atomic mass is 9.92. The van der Waals surface area contributed by atoms with Gasteiger partial charge in [0.1, 0.15) is 0 Å². The summed E-state index contributed by atoms with van der Waals surface area (Å²) < 4.78 is 12.7. The van der Waals surface area contributed by atoms with Gasteiger partial charge in [-0.1, -0.05) is 19.8 Å². The van der Waals surface area contributed by atoms with Crippen molar-refractivity contribution >= 4 is 5.91 Å². The first-order valence-corrected chi connectivity index (χ1v) is 6.61. The number of nitrogens with zero attached hydrogens (tertiary/aromatic N) is 2. The first-order chi connectivity index (χ1) is 8.70. The van der Waals surface area contributed by atoms with Crippen molar-refractivity contribution in [3.8, 4) is 0 Å². The summed E-state index contributed by atoms with van der Waals surface area (Å²) in [6, 6.07) is 2.74. The van der Waals surface area contributed by atoms with Crippen LogP contribution in [-0.2, 0) is 0 Å². The fourth-order valence-electron chi connectivity index (χ4n) is 2.52. The second kappa shape index (κ2) is 5.94. The number of amides is 1. The monoisotopic (exact) mass is 250 g/mol. The average Bonchev–Trinajstić information content (AvgIpc) is 2.40. The topological polar surface area (TPSA) is 33.2 Å². The van der Waals surface area contributed by atoms with E-state index in [2.05, 4.69) is 11.9 Å². The molecule has 1 aliphatic heterocycles. The van der Waals surface area contributed by atoms with E-state index < -0.39 is 5.95 Å². The first-order valence-electron chi connectivity index (χ1n) is 6.61. The van der Waals surface area contributed by atoms with E-state index in [0.29, 0.717) is 5.56 Å². The molecular formula is C14H19FN2O. The van der Waals surface area contributed by atoms with E-state index in [1.807, 2.05) is 4.90 Å². The van der Waals surface area contributed by atoms with E-state index in [9.17, 15) is 9.18 Å². The molecule has 1 fully saturated rings. The van der Waals surface area contributed by atoms with E-state index in [1.165, 1.54) is 31.2 Å². The first kappa shape index (κ1) is 13.0. The van der Waals surface area contributed by atoms with Gasteiger partial charge in [-0.15, -0.1) is 0 Å². The Hall–Kier alpha value is -1.45. The van der Waals surface area contributed by atoms with Gasteiger partial charge in [-0.2, -0.15) is 4.39 Å². The zero-order valence-electron chi connectivity index (χ0n) is 10.7. The van der Waals surface area contributed by atoms with Crippen LogP contribution in [0.2, 0.25) is 0 Å². The molecule has 0 radical (unpaired) electrons. The number of likely N-dealkylation sites (tertiary alicyclic amines) is 1. The lowest BCUT2D eigenvalue weighted by molar-refractivity contribution is 0.0686. The molecule has 0 spiro atoms. The minimum Gasteiger partial charge on any atom is -0.339 e. The number of aromatic nitrogens is 1. The molecule has 0 aromatic carbocycles. The number of hydrogen-bond donors (Lipinski definition) is 0. The standard InChI is InChI=1S/C14H19FN2O/c1-2-3-11-6-8-17(9-7-11)14(18)12-4-5-13(15)16-10-12/h4-5,10-11H,2-3,6-9H2,1H3. The minimum absolute atomic E-state index is 0.0301. The molecule has 3 nitrogen and oxygen atoms in total. The molecule has 0 saturated carbocycles. The molecule has 4 heteroatoms. The lowest BCUT2D eigenvalue weighted by Gasteiger charge is -2.31. The van der Waals surface area contributed by atoms with Crippen LogP contribution in [0, 0.1) is 11.9 Å². The Morgan fingerprint density at radius 3 is 2.72 bits per heavy atom. The van der Waals surface area contributed by atoms with Crippen molar-refractivity contribution < 1.29 is 9.18 Å². The highest BCUT2D eigenvalue weighted by molar-refractivity contribution is 5.93. The molecule has 0 unspecified atom stereocenters. The molecule has 0 atom stereocenters. The Bertz CT molecular complexity index is 397. The number of piperidine rings is 1. The van der Waals surface area contributed by atoms with Gasteiger partial charge in [-0.25, -0.2) is 4.98 Å². The maximum atomic E-state index is 12.7. The van der Waals surface area contributed by atoms with Gasteiger partial charge in [-0.05, 0) is 30.9 Å². The fraction of sp³-hybridized carbons (Fsp3) is 0.571. The van der Waals surface area contributed by atoms with Gasteiger partial charge in [0.2, 0.25) is 5.95 Å². The van der Waals surface area contributed by atoms with Crippen LogP contribution >= 0.6 is 0 Å². The van der Waals surface area contributed by atoms with Crippen LogP contribution < -0.4 is 0 Å². The summed E-state index contributed by atoms with van der Waals surface area (Å²) in [6.07, 6.45) is 5.93. The van der Waals surface area contributed by atoms with Crippen LogP contribution in [0.4, 0.5) is 4.39 Å². The van der Waals surface area contributed by atoms with Crippen molar-refractivity contribution in [2.45, 2.75) is 32.6 Å². The van der Waals surface area contributed by atoms with Crippen molar-refractivity contribution in [1.29, 1.82) is 0 Å². The predicted molar refractivity (Wildman–Crippen MR) is 67.7 cm³/mol. The third-order valence-corrected chi connectivity index (χ3v) is 3.57. The summed E-state index contributed by atoms with van der Waals surface area (Å²) in [6.45, 7) is 3.81. The number of carbonyl (C=O) groups is 1. The molecular weight excluding hydrogens is 231 g/mol. The van der Waals surface area contributed by atoms with Crippen molar-refractivity contribution in [3.63, 3.8) is 0 Å². The maximum Gasteiger partial charge on any atom is 0.255 e. The van der Waals surface area contributed by atoms with E-state index in [1.54, 1.807) is 0 Å². The van der Waals surface area contributed by atoms with Gasteiger partial charge in [0.05, 0.1) is 5.56 Å². The fourth-order valence-corrected chi connectivity index (χ4v) is 2.52. The van der Waals surface area contributed by atoms with Crippen molar-refractivity contribution in [1.82, 2.24) is 9.88 Å². The minimum atomic E-state index is -0.548. The lowest BCUT2D eigenvalue weighted by Crippen LogP contribution is -2.38. The molecule has 0 N–H and O–H groups in total. The molecule has 1 saturated heterocycles. The van der Waals surface area contributed by atoms with Gasteiger partial charge < -0.3 is 4.90 Å². The maximum absolute atomic E-state index is 12.7. The van der Waals surface area contributed by atoms with E-state index in [-0.39, 0.29) is 5.91 Å². The number of pyridine rings is 1. The summed E-state index contributed by atoms with van der Waals surface area (Å²) in [4.78, 5) is 17.5. The second-order valence-electron chi connectivity index (χ2n) is 4.89. The van der Waals surface area contributed by atoms with Gasteiger partial charge in [0.25, 0.3) is 5.91 Å².